The summed E-state index contributed by atoms with van der Waals surface area (Å²) in [5.74, 6) is -3.46. The van der Waals surface area contributed by atoms with Gasteiger partial charge in [0.15, 0.2) is 33.5 Å². The van der Waals surface area contributed by atoms with Gasteiger partial charge < -0.3 is 24.6 Å². The van der Waals surface area contributed by atoms with Crippen molar-refractivity contribution in [2.45, 2.75) is 35.6 Å². The number of β-lactam (4-membered cyclic amide) rings is 1. The predicted molar refractivity (Wildman–Crippen MR) is 149 cm³/mol. The second-order valence-electron chi connectivity index (χ2n) is 10.2. The third-order valence-electron chi connectivity index (χ3n) is 7.48. The average Bonchev–Trinajstić information content (AvgIpc) is 3.14. The molecule has 4 N–H and O–H groups in total. The van der Waals surface area contributed by atoms with Crippen molar-refractivity contribution in [3.8, 4) is 11.5 Å². The van der Waals surface area contributed by atoms with Gasteiger partial charge in [-0.15, -0.1) is 0 Å². The first-order valence-electron chi connectivity index (χ1n) is 13.0. The summed E-state index contributed by atoms with van der Waals surface area (Å²) < 4.78 is 36.1. The van der Waals surface area contributed by atoms with Gasteiger partial charge in [-0.3, -0.25) is 15.0 Å². The molecule has 3 atom stereocenters. The number of nitrogens with one attached hydrogen (secondary N) is 2. The molecule has 2 aliphatic heterocycles. The Bertz CT molecular complexity index is 1640. The van der Waals surface area contributed by atoms with Crippen LogP contribution in [-0.4, -0.2) is 70.2 Å². The van der Waals surface area contributed by atoms with Crippen LogP contribution in [-0.2, 0) is 28.9 Å². The fraction of sp³-hybridized carbons (Fsp3) is 0.241. The Kier molecular flexibility index (Phi) is 7.71. The van der Waals surface area contributed by atoms with Crippen LogP contribution in [0.25, 0.3) is 0 Å². The third kappa shape index (κ3) is 5.32. The number of phenols is 2. The molecular formula is C29H27N3O10S. The minimum absolute atomic E-state index is 0.113. The molecule has 43 heavy (non-hydrogen) atoms. The summed E-state index contributed by atoms with van der Waals surface area (Å²) >= 11 is 0. The number of esters is 1. The quantitative estimate of drug-likeness (QED) is 0.133. The smallest absolute Gasteiger partial charge is 0.426 e. The lowest BCUT2D eigenvalue weighted by Crippen LogP contribution is -2.59. The molecule has 14 heteroatoms. The molecule has 3 aromatic rings. The standard InChI is InChI=1S/C29H27N3O10S/c1-29(16-41-28(38)31-30-26(36)19-12-13-20(33)21(34)14-19)25(32-22(35)15-23(32)43(29,39)40)27(37)42-24(17-8-4-2-5-9-17)18-10-6-3-7-11-18/h2-14,23-25,33-34H,15-16H2,1H3,(H,30,36)(H,31,38). The van der Waals surface area contributed by atoms with E-state index in [1.807, 2.05) is 10.9 Å². The zero-order chi connectivity index (χ0) is 30.9. The van der Waals surface area contributed by atoms with E-state index in [-0.39, 0.29) is 12.0 Å². The molecule has 0 spiro atoms. The second-order valence-corrected chi connectivity index (χ2v) is 12.8. The molecule has 5 rings (SSSR count). The van der Waals surface area contributed by atoms with E-state index in [4.69, 9.17) is 9.47 Å². The summed E-state index contributed by atoms with van der Waals surface area (Å²) in [6, 6.07) is 19.2. The maximum atomic E-state index is 13.8. The zero-order valence-electron chi connectivity index (χ0n) is 22.7. The molecule has 2 aliphatic rings. The normalized spacial score (nSPS) is 21.8. The average molecular weight is 610 g/mol. The monoisotopic (exact) mass is 609 g/mol. The first-order chi connectivity index (χ1) is 20.4. The van der Waals surface area contributed by atoms with E-state index in [1.165, 1.54) is 13.0 Å². The van der Waals surface area contributed by atoms with Gasteiger partial charge in [-0.1, -0.05) is 60.7 Å². The fourth-order valence-electron chi connectivity index (χ4n) is 5.11. The number of rotatable bonds is 7. The van der Waals surface area contributed by atoms with Gasteiger partial charge in [-0.25, -0.2) is 23.4 Å². The first-order valence-corrected chi connectivity index (χ1v) is 14.6. The fourth-order valence-corrected chi connectivity index (χ4v) is 7.38. The van der Waals surface area contributed by atoms with Crippen LogP contribution in [0.15, 0.2) is 78.9 Å². The highest BCUT2D eigenvalue weighted by Gasteiger charge is 2.71. The third-order valence-corrected chi connectivity index (χ3v) is 10.2. The highest BCUT2D eigenvalue weighted by Crippen LogP contribution is 2.47. The van der Waals surface area contributed by atoms with Crippen molar-refractivity contribution in [3.05, 3.63) is 95.6 Å². The summed E-state index contributed by atoms with van der Waals surface area (Å²) in [7, 11) is -4.24. The van der Waals surface area contributed by atoms with Crippen LogP contribution in [0.1, 0.15) is 40.9 Å². The molecule has 0 radical (unpaired) electrons. The van der Waals surface area contributed by atoms with Gasteiger partial charge in [0.25, 0.3) is 5.91 Å². The maximum absolute atomic E-state index is 13.8. The number of benzene rings is 3. The van der Waals surface area contributed by atoms with Crippen molar-refractivity contribution in [2.75, 3.05) is 6.61 Å². The van der Waals surface area contributed by atoms with E-state index in [1.54, 1.807) is 60.7 Å². The number of carbonyl (C=O) groups excluding carboxylic acids is 4. The van der Waals surface area contributed by atoms with E-state index in [2.05, 4.69) is 0 Å². The number of hydrazine groups is 1. The predicted octanol–water partition coefficient (Wildman–Crippen LogP) is 1.92. The molecule has 13 nitrogen and oxygen atoms in total. The van der Waals surface area contributed by atoms with Gasteiger partial charge in [0.05, 0.1) is 6.42 Å². The largest absolute Gasteiger partial charge is 0.504 e. The molecule has 3 aromatic carbocycles. The number of hydrogen-bond donors (Lipinski definition) is 4. The van der Waals surface area contributed by atoms with E-state index < -0.39 is 74.1 Å². The maximum Gasteiger partial charge on any atom is 0.426 e. The molecule has 2 heterocycles. The van der Waals surface area contributed by atoms with E-state index in [9.17, 15) is 37.8 Å². The van der Waals surface area contributed by atoms with Crippen molar-refractivity contribution >= 4 is 33.7 Å². The summed E-state index contributed by atoms with van der Waals surface area (Å²) in [5, 5.41) is 17.7. The molecule has 0 aromatic heterocycles. The summed E-state index contributed by atoms with van der Waals surface area (Å²) in [4.78, 5) is 52.0. The van der Waals surface area contributed by atoms with Gasteiger partial charge in [0, 0.05) is 5.56 Å². The number of sulfone groups is 1. The van der Waals surface area contributed by atoms with Crippen molar-refractivity contribution in [1.82, 2.24) is 15.8 Å². The minimum atomic E-state index is -4.24. The Morgan fingerprint density at radius 1 is 0.953 bits per heavy atom. The van der Waals surface area contributed by atoms with Crippen LogP contribution in [0.5, 0.6) is 11.5 Å². The number of hydrogen-bond acceptors (Lipinski definition) is 10. The molecule has 2 fully saturated rings. The van der Waals surface area contributed by atoms with Crippen molar-refractivity contribution in [2.24, 2.45) is 0 Å². The second kappa shape index (κ2) is 11.3. The highest BCUT2D eigenvalue weighted by molar-refractivity contribution is 7.94. The highest BCUT2D eigenvalue weighted by atomic mass is 32.2. The number of fused-ring (bicyclic) bond motifs is 1. The Morgan fingerprint density at radius 3 is 2.12 bits per heavy atom. The van der Waals surface area contributed by atoms with E-state index in [0.29, 0.717) is 11.1 Å². The van der Waals surface area contributed by atoms with Gasteiger partial charge in [0.1, 0.15) is 16.7 Å². The molecule has 0 saturated carbocycles. The van der Waals surface area contributed by atoms with Crippen LogP contribution in [0.2, 0.25) is 0 Å². The van der Waals surface area contributed by atoms with E-state index >= 15 is 0 Å². The first kappa shape index (κ1) is 29.4. The van der Waals surface area contributed by atoms with Gasteiger partial charge in [-0.2, -0.15) is 0 Å². The Morgan fingerprint density at radius 2 is 1.56 bits per heavy atom. The lowest BCUT2D eigenvalue weighted by Gasteiger charge is -2.37. The number of amides is 3. The SMILES string of the molecule is CC1(COC(=O)NNC(=O)c2ccc(O)c(O)c2)C(C(=O)OC(c2ccccc2)c2ccccc2)N2C(=O)CC2S1(=O)=O. The van der Waals surface area contributed by atoms with Crippen LogP contribution in [0.3, 0.4) is 0 Å². The Labute approximate surface area is 245 Å². The molecule has 3 unspecified atom stereocenters. The van der Waals surface area contributed by atoms with Crippen LogP contribution in [0.4, 0.5) is 4.79 Å². The van der Waals surface area contributed by atoms with Crippen LogP contribution < -0.4 is 10.9 Å². The zero-order valence-corrected chi connectivity index (χ0v) is 23.5. The number of ether oxygens (including phenoxy) is 2. The van der Waals surface area contributed by atoms with Gasteiger partial charge >= 0.3 is 12.1 Å². The Balaban J connectivity index is 1.34. The number of phenolic OH excluding ortho intramolecular Hbond substituents is 2. The summed E-state index contributed by atoms with van der Waals surface area (Å²) in [5.41, 5.74) is 5.10. The van der Waals surface area contributed by atoms with E-state index in [0.717, 1.165) is 17.0 Å². The molecular weight excluding hydrogens is 582 g/mol. The lowest BCUT2D eigenvalue weighted by molar-refractivity contribution is -0.164. The Hall–Kier alpha value is -5.11. The molecule has 0 aliphatic carbocycles. The minimum Gasteiger partial charge on any atom is -0.504 e. The molecule has 224 valence electrons. The number of carbonyl (C=O) groups is 4. The molecule has 2 saturated heterocycles. The number of aromatic hydroxyl groups is 2. The lowest BCUT2D eigenvalue weighted by atomic mass is 9.96. The molecule has 3 amide bonds. The van der Waals surface area contributed by atoms with Gasteiger partial charge in [-0.05, 0) is 36.2 Å². The summed E-state index contributed by atoms with van der Waals surface area (Å²) in [6.45, 7) is 0.351. The van der Waals surface area contributed by atoms with Crippen molar-refractivity contribution < 1.29 is 47.3 Å². The topological polar surface area (TPSA) is 189 Å². The van der Waals surface area contributed by atoms with Crippen LogP contribution in [0, 0.1) is 0 Å². The van der Waals surface area contributed by atoms with Crippen molar-refractivity contribution in [3.63, 3.8) is 0 Å². The summed E-state index contributed by atoms with van der Waals surface area (Å²) in [6.07, 6.45) is -2.51. The van der Waals surface area contributed by atoms with Crippen molar-refractivity contribution in [1.29, 1.82) is 0 Å². The van der Waals surface area contributed by atoms with Crippen LogP contribution >= 0.6 is 0 Å². The molecule has 0 bridgehead atoms. The van der Waals surface area contributed by atoms with Gasteiger partial charge in [0.2, 0.25) is 5.91 Å². The number of nitrogens with zero attached hydrogens (tertiary/aromatic N) is 1.